The molecule has 3 aromatic carbocycles. The largest absolute Gasteiger partial charge is 0.489 e. The third-order valence-corrected chi connectivity index (χ3v) is 8.35. The van der Waals surface area contributed by atoms with Gasteiger partial charge in [0.2, 0.25) is 0 Å². The van der Waals surface area contributed by atoms with E-state index >= 15 is 0 Å². The van der Waals surface area contributed by atoms with E-state index in [1.165, 1.54) is 30.3 Å². The van der Waals surface area contributed by atoms with Gasteiger partial charge < -0.3 is 4.74 Å². The van der Waals surface area contributed by atoms with Gasteiger partial charge in [-0.05, 0) is 60.9 Å². The fourth-order valence-corrected chi connectivity index (χ4v) is 6.35. The Bertz CT molecular complexity index is 1120. The number of hydrogen-bond acceptors (Lipinski definition) is 3. The normalized spacial score (nSPS) is 15.8. The van der Waals surface area contributed by atoms with E-state index in [1.807, 2.05) is 0 Å². The maximum Gasteiger partial charge on any atom is 0.188 e. The molecule has 0 N–H and O–H groups in total. The van der Waals surface area contributed by atoms with Gasteiger partial charge in [-0.15, -0.1) is 0 Å². The topological polar surface area (TPSA) is 43.4 Å². The zero-order chi connectivity index (χ0) is 21.2. The molecule has 0 amide bonds. The average Bonchev–Trinajstić information content (AvgIpc) is 3.26. The minimum atomic E-state index is -3.70. The smallest absolute Gasteiger partial charge is 0.188 e. The lowest BCUT2D eigenvalue weighted by molar-refractivity contribution is 0.299. The van der Waals surface area contributed by atoms with E-state index in [2.05, 4.69) is 0 Å². The van der Waals surface area contributed by atoms with Crippen LogP contribution >= 0.6 is 0 Å². The van der Waals surface area contributed by atoms with E-state index in [4.69, 9.17) is 4.74 Å². The first-order valence-corrected chi connectivity index (χ1v) is 11.4. The molecule has 3 nitrogen and oxygen atoms in total. The second-order valence-electron chi connectivity index (χ2n) is 7.56. The minimum Gasteiger partial charge on any atom is -0.489 e. The number of benzene rings is 3. The predicted octanol–water partition coefficient (Wildman–Crippen LogP) is 5.79. The van der Waals surface area contributed by atoms with Crippen molar-refractivity contribution < 1.29 is 21.9 Å². The van der Waals surface area contributed by atoms with Crippen molar-refractivity contribution in [3.05, 3.63) is 95.6 Å². The van der Waals surface area contributed by atoms with Crippen LogP contribution in [0.3, 0.4) is 0 Å². The first-order chi connectivity index (χ1) is 14.4. The second-order valence-corrected chi connectivity index (χ2v) is 9.82. The SMILES string of the molecule is O=S(=O)(c1ccc(F)cc1)C1(c2ccc(OCc3ccccc3F)cc2)CCCC1. The number of sulfone groups is 1. The summed E-state index contributed by atoms with van der Waals surface area (Å²) in [6.45, 7) is 0.0883. The third kappa shape index (κ3) is 3.72. The van der Waals surface area contributed by atoms with Crippen LogP contribution in [0, 0.1) is 11.6 Å². The Labute approximate surface area is 175 Å². The Morgan fingerprint density at radius 3 is 2.10 bits per heavy atom. The summed E-state index contributed by atoms with van der Waals surface area (Å²) >= 11 is 0. The van der Waals surface area contributed by atoms with Crippen molar-refractivity contribution in [1.82, 2.24) is 0 Å². The maximum absolute atomic E-state index is 13.8. The molecule has 0 spiro atoms. The molecule has 0 unspecified atom stereocenters. The predicted molar refractivity (Wildman–Crippen MR) is 111 cm³/mol. The fourth-order valence-electron chi connectivity index (χ4n) is 4.13. The summed E-state index contributed by atoms with van der Waals surface area (Å²) in [5, 5.41) is 0. The van der Waals surface area contributed by atoms with E-state index in [1.54, 1.807) is 42.5 Å². The number of halogens is 2. The number of hydrogen-bond donors (Lipinski definition) is 0. The highest BCUT2D eigenvalue weighted by atomic mass is 32.2. The van der Waals surface area contributed by atoms with E-state index in [0.29, 0.717) is 29.7 Å². The van der Waals surface area contributed by atoms with Crippen molar-refractivity contribution in [2.75, 3.05) is 0 Å². The molecule has 0 saturated heterocycles. The molecule has 0 radical (unpaired) electrons. The fraction of sp³-hybridized carbons (Fsp3) is 0.250. The molecule has 0 aliphatic heterocycles. The molecular formula is C24H22F2O3S. The van der Waals surface area contributed by atoms with Crippen LogP contribution in [0.15, 0.2) is 77.7 Å². The minimum absolute atomic E-state index is 0.0883. The quantitative estimate of drug-likeness (QED) is 0.467. The van der Waals surface area contributed by atoms with Crippen molar-refractivity contribution in [3.8, 4) is 5.75 Å². The Hall–Kier alpha value is -2.73. The molecule has 1 aliphatic rings. The number of ether oxygens (including phenoxy) is 1. The summed E-state index contributed by atoms with van der Waals surface area (Å²) in [7, 11) is -3.70. The second kappa shape index (κ2) is 8.19. The molecule has 4 rings (SSSR count). The highest BCUT2D eigenvalue weighted by Crippen LogP contribution is 2.48. The Morgan fingerprint density at radius 1 is 0.833 bits per heavy atom. The first-order valence-electron chi connectivity index (χ1n) is 9.89. The lowest BCUT2D eigenvalue weighted by Gasteiger charge is -2.29. The van der Waals surface area contributed by atoms with E-state index in [-0.39, 0.29) is 17.3 Å². The summed E-state index contributed by atoms with van der Waals surface area (Å²) in [5.41, 5.74) is 1.15. The molecule has 0 atom stereocenters. The van der Waals surface area contributed by atoms with Gasteiger partial charge in [0, 0.05) is 5.56 Å². The highest BCUT2D eigenvalue weighted by molar-refractivity contribution is 7.92. The van der Waals surface area contributed by atoms with E-state index in [0.717, 1.165) is 12.8 Å². The van der Waals surface area contributed by atoms with Gasteiger partial charge in [0.25, 0.3) is 0 Å². The van der Waals surface area contributed by atoms with Crippen molar-refractivity contribution in [1.29, 1.82) is 0 Å². The van der Waals surface area contributed by atoms with Gasteiger partial charge in [0.15, 0.2) is 9.84 Å². The molecule has 1 aliphatic carbocycles. The zero-order valence-electron chi connectivity index (χ0n) is 16.4. The van der Waals surface area contributed by atoms with Crippen molar-refractivity contribution in [2.45, 2.75) is 41.9 Å². The molecule has 1 saturated carbocycles. The monoisotopic (exact) mass is 428 g/mol. The Balaban J connectivity index is 1.60. The van der Waals surface area contributed by atoms with Crippen LogP contribution < -0.4 is 4.74 Å². The summed E-state index contributed by atoms with van der Waals surface area (Å²) < 4.78 is 58.7. The van der Waals surface area contributed by atoms with Crippen molar-refractivity contribution >= 4 is 9.84 Å². The molecule has 3 aromatic rings. The van der Waals surface area contributed by atoms with Crippen molar-refractivity contribution in [3.63, 3.8) is 0 Å². The van der Waals surface area contributed by atoms with E-state index < -0.39 is 20.4 Å². The van der Waals surface area contributed by atoms with Crippen LogP contribution in [0.1, 0.15) is 36.8 Å². The van der Waals surface area contributed by atoms with Crippen LogP contribution in [0.4, 0.5) is 8.78 Å². The standard InChI is InChI=1S/C24H22F2O3S/c25-20-9-13-22(14-10-20)30(27,28)24(15-3-4-16-24)19-7-11-21(12-8-19)29-17-18-5-1-2-6-23(18)26/h1-2,5-14H,3-4,15-17H2. The summed E-state index contributed by atoms with van der Waals surface area (Å²) in [6.07, 6.45) is 2.65. The van der Waals surface area contributed by atoms with Gasteiger partial charge >= 0.3 is 0 Å². The highest BCUT2D eigenvalue weighted by Gasteiger charge is 2.48. The average molecular weight is 429 g/mol. The van der Waals surface area contributed by atoms with Crippen LogP contribution in [-0.4, -0.2) is 8.42 Å². The number of rotatable bonds is 6. The van der Waals surface area contributed by atoms with Gasteiger partial charge in [-0.1, -0.05) is 43.2 Å². The van der Waals surface area contributed by atoms with E-state index in [9.17, 15) is 17.2 Å². The molecular weight excluding hydrogens is 406 g/mol. The van der Waals surface area contributed by atoms with Crippen LogP contribution in [-0.2, 0) is 21.2 Å². The van der Waals surface area contributed by atoms with Crippen molar-refractivity contribution in [2.24, 2.45) is 0 Å². The van der Waals surface area contributed by atoms with Crippen LogP contribution in [0.2, 0.25) is 0 Å². The first kappa shape index (κ1) is 20.5. The molecule has 0 heterocycles. The molecule has 156 valence electrons. The molecule has 6 heteroatoms. The molecule has 1 fully saturated rings. The summed E-state index contributed by atoms with van der Waals surface area (Å²) in [4.78, 5) is 0.130. The maximum atomic E-state index is 13.8. The zero-order valence-corrected chi connectivity index (χ0v) is 17.2. The summed E-state index contributed by atoms with van der Waals surface area (Å²) in [6, 6.07) is 18.4. The lowest BCUT2D eigenvalue weighted by atomic mass is 9.96. The molecule has 0 aromatic heterocycles. The Morgan fingerprint density at radius 2 is 1.47 bits per heavy atom. The van der Waals surface area contributed by atoms with Gasteiger partial charge in [-0.2, -0.15) is 0 Å². The van der Waals surface area contributed by atoms with Gasteiger partial charge in [0.05, 0.1) is 4.90 Å². The summed E-state index contributed by atoms with van der Waals surface area (Å²) in [5.74, 6) is -0.260. The van der Waals surface area contributed by atoms with Gasteiger partial charge in [-0.25, -0.2) is 17.2 Å². The molecule has 30 heavy (non-hydrogen) atoms. The lowest BCUT2D eigenvalue weighted by Crippen LogP contribution is -2.33. The molecule has 0 bridgehead atoms. The van der Waals surface area contributed by atoms with Crippen LogP contribution in [0.5, 0.6) is 5.75 Å². The van der Waals surface area contributed by atoms with Crippen LogP contribution in [0.25, 0.3) is 0 Å². The van der Waals surface area contributed by atoms with Gasteiger partial charge in [-0.3, -0.25) is 0 Å². The van der Waals surface area contributed by atoms with Gasteiger partial charge in [0.1, 0.15) is 28.7 Å². The Kier molecular flexibility index (Phi) is 5.60. The third-order valence-electron chi connectivity index (χ3n) is 5.78.